The molecule has 0 fully saturated rings. The quantitative estimate of drug-likeness (QED) is 0.618. The molecule has 5 nitrogen and oxygen atoms in total. The molecule has 0 aliphatic rings. The average molecular weight is 352 g/mol. The molecule has 1 aromatic carbocycles. The second kappa shape index (κ2) is 6.03. The molecule has 0 saturated carbocycles. The minimum Gasteiger partial charge on any atom is -0.364 e. The number of nitrogens with zero attached hydrogens (tertiary/aromatic N) is 3. The summed E-state index contributed by atoms with van der Waals surface area (Å²) < 4.78 is 1.01. The van der Waals surface area contributed by atoms with Gasteiger partial charge in [0.15, 0.2) is 0 Å². The SMILES string of the molecule is CN(Cc1ccc(Br)s1)c1cc(C#N)ccc1[N+](=O)[O-]. The van der Waals surface area contributed by atoms with E-state index in [9.17, 15) is 10.1 Å². The Labute approximate surface area is 128 Å². The number of hydrogen-bond acceptors (Lipinski definition) is 5. The van der Waals surface area contributed by atoms with Crippen LogP contribution in [0, 0.1) is 21.4 Å². The fourth-order valence-electron chi connectivity index (χ4n) is 1.81. The maximum atomic E-state index is 11.1. The molecule has 1 aromatic heterocycles. The maximum absolute atomic E-state index is 11.1. The first-order valence-corrected chi connectivity index (χ1v) is 7.26. The number of thiophene rings is 1. The van der Waals surface area contributed by atoms with Crippen LogP contribution in [0.25, 0.3) is 0 Å². The smallest absolute Gasteiger partial charge is 0.292 e. The lowest BCUT2D eigenvalue weighted by atomic mass is 10.1. The van der Waals surface area contributed by atoms with Crippen molar-refractivity contribution < 1.29 is 4.92 Å². The van der Waals surface area contributed by atoms with Crippen LogP contribution < -0.4 is 4.90 Å². The van der Waals surface area contributed by atoms with Crippen LogP contribution in [0.3, 0.4) is 0 Å². The summed E-state index contributed by atoms with van der Waals surface area (Å²) in [5.74, 6) is 0. The summed E-state index contributed by atoms with van der Waals surface area (Å²) in [6.07, 6.45) is 0. The van der Waals surface area contributed by atoms with E-state index in [-0.39, 0.29) is 5.69 Å². The number of nitro groups is 1. The highest BCUT2D eigenvalue weighted by atomic mass is 79.9. The molecule has 102 valence electrons. The van der Waals surface area contributed by atoms with E-state index in [1.807, 2.05) is 18.2 Å². The molecule has 2 rings (SSSR count). The van der Waals surface area contributed by atoms with Crippen LogP contribution in [-0.4, -0.2) is 12.0 Å². The third-order valence-corrected chi connectivity index (χ3v) is 4.34. The van der Waals surface area contributed by atoms with Crippen LogP contribution in [0.4, 0.5) is 11.4 Å². The van der Waals surface area contributed by atoms with Crippen molar-refractivity contribution >= 4 is 38.6 Å². The summed E-state index contributed by atoms with van der Waals surface area (Å²) in [5.41, 5.74) is 0.852. The fraction of sp³-hybridized carbons (Fsp3) is 0.154. The van der Waals surface area contributed by atoms with E-state index < -0.39 is 4.92 Å². The van der Waals surface area contributed by atoms with Crippen molar-refractivity contribution in [2.45, 2.75) is 6.54 Å². The minimum absolute atomic E-state index is 0.00196. The Bertz CT molecular complexity index is 693. The Morgan fingerprint density at radius 1 is 1.45 bits per heavy atom. The van der Waals surface area contributed by atoms with E-state index in [0.717, 1.165) is 8.66 Å². The van der Waals surface area contributed by atoms with E-state index >= 15 is 0 Å². The lowest BCUT2D eigenvalue weighted by molar-refractivity contribution is -0.384. The van der Waals surface area contributed by atoms with E-state index in [2.05, 4.69) is 15.9 Å². The fourth-order valence-corrected chi connectivity index (χ4v) is 3.35. The Hall–Kier alpha value is -1.91. The lowest BCUT2D eigenvalue weighted by Gasteiger charge is -2.18. The zero-order chi connectivity index (χ0) is 14.7. The van der Waals surface area contributed by atoms with Crippen LogP contribution >= 0.6 is 27.3 Å². The topological polar surface area (TPSA) is 70.2 Å². The lowest BCUT2D eigenvalue weighted by Crippen LogP contribution is -2.17. The highest BCUT2D eigenvalue weighted by Gasteiger charge is 2.18. The van der Waals surface area contributed by atoms with Crippen LogP contribution in [-0.2, 0) is 6.54 Å². The van der Waals surface area contributed by atoms with E-state index in [1.165, 1.54) is 12.1 Å². The summed E-state index contributed by atoms with van der Waals surface area (Å²) >= 11 is 4.96. The summed E-state index contributed by atoms with van der Waals surface area (Å²) in [5, 5.41) is 20.0. The number of rotatable bonds is 4. The number of nitriles is 1. The van der Waals surface area contributed by atoms with Gasteiger partial charge < -0.3 is 4.90 Å². The molecule has 2 aromatic rings. The molecule has 1 heterocycles. The molecule has 0 unspecified atom stereocenters. The van der Waals surface area contributed by atoms with Crippen LogP contribution in [0.1, 0.15) is 10.4 Å². The number of benzene rings is 1. The monoisotopic (exact) mass is 351 g/mol. The Morgan fingerprint density at radius 3 is 2.75 bits per heavy atom. The normalized spacial score (nSPS) is 10.1. The van der Waals surface area contributed by atoms with Gasteiger partial charge in [0.2, 0.25) is 0 Å². The van der Waals surface area contributed by atoms with E-state index in [0.29, 0.717) is 17.8 Å². The second-order valence-electron chi connectivity index (χ2n) is 4.13. The van der Waals surface area contributed by atoms with E-state index in [1.54, 1.807) is 29.4 Å². The summed E-state index contributed by atoms with van der Waals surface area (Å²) in [4.78, 5) is 13.5. The van der Waals surface area contributed by atoms with Crippen molar-refractivity contribution in [1.82, 2.24) is 0 Å². The van der Waals surface area contributed by atoms with Crippen LogP contribution in [0.5, 0.6) is 0 Å². The molecular weight excluding hydrogens is 342 g/mol. The third-order valence-electron chi connectivity index (χ3n) is 2.73. The number of hydrogen-bond donors (Lipinski definition) is 0. The highest BCUT2D eigenvalue weighted by Crippen LogP contribution is 2.31. The number of halogens is 1. The molecule has 0 aliphatic carbocycles. The first kappa shape index (κ1) is 14.5. The van der Waals surface area contributed by atoms with Gasteiger partial charge >= 0.3 is 0 Å². The predicted molar refractivity (Wildman–Crippen MR) is 81.9 cm³/mol. The molecule has 0 spiro atoms. The summed E-state index contributed by atoms with van der Waals surface area (Å²) in [6, 6.07) is 10.3. The molecular formula is C13H10BrN3O2S. The average Bonchev–Trinajstić information content (AvgIpc) is 2.83. The number of nitro benzene ring substituents is 1. The van der Waals surface area contributed by atoms with Gasteiger partial charge in [-0.25, -0.2) is 0 Å². The summed E-state index contributed by atoms with van der Waals surface area (Å²) in [6.45, 7) is 0.548. The van der Waals surface area contributed by atoms with Crippen molar-refractivity contribution in [2.24, 2.45) is 0 Å². The van der Waals surface area contributed by atoms with E-state index in [4.69, 9.17) is 5.26 Å². The van der Waals surface area contributed by atoms with Crippen LogP contribution in [0.2, 0.25) is 0 Å². The first-order valence-electron chi connectivity index (χ1n) is 5.65. The van der Waals surface area contributed by atoms with Gasteiger partial charge in [0.05, 0.1) is 26.9 Å². The minimum atomic E-state index is -0.433. The second-order valence-corrected chi connectivity index (χ2v) is 6.68. The van der Waals surface area contributed by atoms with Gasteiger partial charge in [-0.3, -0.25) is 10.1 Å². The van der Waals surface area contributed by atoms with Crippen molar-refractivity contribution in [3.63, 3.8) is 0 Å². The molecule has 7 heteroatoms. The van der Waals surface area contributed by atoms with Gasteiger partial charge in [0.1, 0.15) is 5.69 Å². The Kier molecular flexibility index (Phi) is 4.37. The van der Waals surface area contributed by atoms with Crippen molar-refractivity contribution in [1.29, 1.82) is 5.26 Å². The zero-order valence-corrected chi connectivity index (χ0v) is 12.9. The maximum Gasteiger partial charge on any atom is 0.292 e. The molecule has 0 saturated heterocycles. The van der Waals surface area contributed by atoms with Crippen molar-refractivity contribution in [2.75, 3.05) is 11.9 Å². The Balaban J connectivity index is 2.34. The highest BCUT2D eigenvalue weighted by molar-refractivity contribution is 9.11. The molecule has 0 radical (unpaired) electrons. The van der Waals surface area contributed by atoms with Gasteiger partial charge in [-0.15, -0.1) is 11.3 Å². The van der Waals surface area contributed by atoms with Gasteiger partial charge in [-0.1, -0.05) is 0 Å². The van der Waals surface area contributed by atoms with Gasteiger partial charge in [-0.05, 0) is 40.2 Å². The van der Waals surface area contributed by atoms with Crippen molar-refractivity contribution in [3.8, 4) is 6.07 Å². The molecule has 0 aliphatic heterocycles. The van der Waals surface area contributed by atoms with Crippen LogP contribution in [0.15, 0.2) is 34.1 Å². The standard InChI is InChI=1S/C13H10BrN3O2S/c1-16(8-10-3-5-13(14)20-10)12-6-9(7-15)2-4-11(12)17(18)19/h2-6H,8H2,1H3. The molecule has 0 atom stereocenters. The zero-order valence-electron chi connectivity index (χ0n) is 10.5. The largest absolute Gasteiger partial charge is 0.364 e. The predicted octanol–water partition coefficient (Wildman–Crippen LogP) is 3.93. The molecule has 0 N–H and O–H groups in total. The molecule has 20 heavy (non-hydrogen) atoms. The first-order chi connectivity index (χ1) is 9.51. The van der Waals surface area contributed by atoms with Gasteiger partial charge in [0, 0.05) is 18.0 Å². The molecule has 0 bridgehead atoms. The van der Waals surface area contributed by atoms with Crippen molar-refractivity contribution in [3.05, 3.63) is 54.7 Å². The Morgan fingerprint density at radius 2 is 2.20 bits per heavy atom. The molecule has 0 amide bonds. The number of anilines is 1. The summed E-state index contributed by atoms with van der Waals surface area (Å²) in [7, 11) is 1.77. The third kappa shape index (κ3) is 3.15. The van der Waals surface area contributed by atoms with Gasteiger partial charge in [0.25, 0.3) is 5.69 Å². The van der Waals surface area contributed by atoms with Gasteiger partial charge in [-0.2, -0.15) is 5.26 Å².